The summed E-state index contributed by atoms with van der Waals surface area (Å²) in [6.45, 7) is 0.286. The molecule has 5 nitrogen and oxygen atoms in total. The molecule has 2 heterocycles. The molecule has 2 aromatic heterocycles. The molecule has 0 aliphatic heterocycles. The Hall–Kier alpha value is -1.89. The van der Waals surface area contributed by atoms with Gasteiger partial charge in [-0.2, -0.15) is 0 Å². The molecule has 0 saturated carbocycles. The number of aromatic nitrogens is 2. The maximum atomic E-state index is 13.5. The molecule has 0 atom stereocenters. The number of nitrogens with one attached hydrogen (secondary N) is 1. The van der Waals surface area contributed by atoms with Crippen LogP contribution in [0.4, 0.5) is 5.95 Å². The van der Waals surface area contributed by atoms with E-state index in [9.17, 15) is 9.90 Å². The van der Waals surface area contributed by atoms with Crippen LogP contribution in [0, 0.1) is 0 Å². The summed E-state index contributed by atoms with van der Waals surface area (Å²) >= 11 is 7.77. The van der Waals surface area contributed by atoms with Crippen molar-refractivity contribution >= 4 is 39.1 Å². The number of aryl methyl sites for hydroxylation is 2. The number of nitrogens with zero attached hydrogens (tertiary/aromatic N) is 2. The number of anilines is 1. The highest BCUT2D eigenvalue weighted by molar-refractivity contribution is 7.18. The molecule has 1 aliphatic rings. The molecule has 3 aromatic rings. The number of fused-ring (bicyclic) bond motifs is 3. The first-order valence-electron chi connectivity index (χ1n) is 8.87. The van der Waals surface area contributed by atoms with Gasteiger partial charge in [0, 0.05) is 16.4 Å². The monoisotopic (exact) mass is 389 g/mol. The van der Waals surface area contributed by atoms with E-state index in [1.165, 1.54) is 16.9 Å². The first kappa shape index (κ1) is 17.5. The Balaban J connectivity index is 1.99. The Morgan fingerprint density at radius 2 is 2.12 bits per heavy atom. The number of aliphatic hydroxyl groups excluding tert-OH is 1. The fourth-order valence-corrected chi connectivity index (χ4v) is 4.96. The average Bonchev–Trinajstić information content (AvgIpc) is 2.81. The van der Waals surface area contributed by atoms with Crippen molar-refractivity contribution in [3.05, 3.63) is 50.1 Å². The fourth-order valence-electron chi connectivity index (χ4n) is 3.52. The van der Waals surface area contributed by atoms with Gasteiger partial charge in [-0.15, -0.1) is 11.3 Å². The summed E-state index contributed by atoms with van der Waals surface area (Å²) in [6, 6.07) is 7.19. The summed E-state index contributed by atoms with van der Waals surface area (Å²) < 4.78 is 1.57. The zero-order valence-corrected chi connectivity index (χ0v) is 15.9. The van der Waals surface area contributed by atoms with Crippen molar-refractivity contribution in [1.29, 1.82) is 0 Å². The fraction of sp³-hybridized carbons (Fsp3) is 0.368. The minimum Gasteiger partial charge on any atom is -0.395 e. The second-order valence-electron chi connectivity index (χ2n) is 6.45. The SMILES string of the molecule is O=c1c2c3c(sc2nc(NCCO)n1-c1cccc(Cl)c1)CCCCC3. The molecule has 0 amide bonds. The van der Waals surface area contributed by atoms with Crippen LogP contribution in [-0.2, 0) is 12.8 Å². The molecular formula is C19H20ClN3O2S. The quantitative estimate of drug-likeness (QED) is 0.666. The Kier molecular flexibility index (Phi) is 4.98. The molecule has 0 fully saturated rings. The maximum absolute atomic E-state index is 13.5. The van der Waals surface area contributed by atoms with E-state index >= 15 is 0 Å². The largest absolute Gasteiger partial charge is 0.395 e. The first-order valence-corrected chi connectivity index (χ1v) is 10.1. The third kappa shape index (κ3) is 3.13. The summed E-state index contributed by atoms with van der Waals surface area (Å²) in [7, 11) is 0. The van der Waals surface area contributed by atoms with E-state index in [1.54, 1.807) is 28.0 Å². The van der Waals surface area contributed by atoms with E-state index in [-0.39, 0.29) is 12.2 Å². The van der Waals surface area contributed by atoms with Crippen molar-refractivity contribution in [2.45, 2.75) is 32.1 Å². The lowest BCUT2D eigenvalue weighted by molar-refractivity contribution is 0.310. The Labute approximate surface area is 160 Å². The van der Waals surface area contributed by atoms with Crippen LogP contribution in [0.5, 0.6) is 0 Å². The Bertz CT molecular complexity index is 1010. The van der Waals surface area contributed by atoms with Crippen LogP contribution in [0.1, 0.15) is 29.7 Å². The highest BCUT2D eigenvalue weighted by atomic mass is 35.5. The van der Waals surface area contributed by atoms with Crippen molar-refractivity contribution in [2.75, 3.05) is 18.5 Å². The van der Waals surface area contributed by atoms with Crippen molar-refractivity contribution in [3.63, 3.8) is 0 Å². The highest BCUT2D eigenvalue weighted by Gasteiger charge is 2.22. The van der Waals surface area contributed by atoms with Crippen LogP contribution in [0.15, 0.2) is 29.1 Å². The maximum Gasteiger partial charge on any atom is 0.268 e. The normalized spacial score (nSPS) is 14.2. The first-order chi connectivity index (χ1) is 12.7. The summed E-state index contributed by atoms with van der Waals surface area (Å²) in [5, 5.41) is 13.6. The van der Waals surface area contributed by atoms with Crippen LogP contribution in [-0.4, -0.2) is 27.8 Å². The number of aliphatic hydroxyl groups is 1. The predicted octanol–water partition coefficient (Wildman–Crippen LogP) is 3.77. The number of rotatable bonds is 4. The molecular weight excluding hydrogens is 370 g/mol. The van der Waals surface area contributed by atoms with Gasteiger partial charge in [-0.3, -0.25) is 4.79 Å². The van der Waals surface area contributed by atoms with E-state index in [0.717, 1.165) is 35.9 Å². The van der Waals surface area contributed by atoms with Crippen molar-refractivity contribution in [3.8, 4) is 5.69 Å². The lowest BCUT2D eigenvalue weighted by Crippen LogP contribution is -2.25. The Morgan fingerprint density at radius 3 is 2.92 bits per heavy atom. The van der Waals surface area contributed by atoms with E-state index in [0.29, 0.717) is 23.2 Å². The summed E-state index contributed by atoms with van der Waals surface area (Å²) in [4.78, 5) is 20.3. The van der Waals surface area contributed by atoms with Gasteiger partial charge >= 0.3 is 0 Å². The molecule has 1 aromatic carbocycles. The highest BCUT2D eigenvalue weighted by Crippen LogP contribution is 2.34. The smallest absolute Gasteiger partial charge is 0.268 e. The minimum absolute atomic E-state index is 0.0373. The van der Waals surface area contributed by atoms with Gasteiger partial charge in [-0.05, 0) is 49.4 Å². The van der Waals surface area contributed by atoms with E-state index in [4.69, 9.17) is 16.6 Å². The van der Waals surface area contributed by atoms with E-state index in [1.807, 2.05) is 12.1 Å². The number of hydrogen-bond donors (Lipinski definition) is 2. The molecule has 136 valence electrons. The lowest BCUT2D eigenvalue weighted by Gasteiger charge is -2.14. The van der Waals surface area contributed by atoms with Gasteiger partial charge in [0.2, 0.25) is 5.95 Å². The number of thiophene rings is 1. The molecule has 4 rings (SSSR count). The molecule has 0 radical (unpaired) electrons. The van der Waals surface area contributed by atoms with Gasteiger partial charge in [0.25, 0.3) is 5.56 Å². The second kappa shape index (κ2) is 7.39. The molecule has 1 aliphatic carbocycles. The van der Waals surface area contributed by atoms with Crippen LogP contribution in [0.2, 0.25) is 5.02 Å². The zero-order chi connectivity index (χ0) is 18.1. The van der Waals surface area contributed by atoms with Crippen molar-refractivity contribution in [2.24, 2.45) is 0 Å². The van der Waals surface area contributed by atoms with Gasteiger partial charge in [0.15, 0.2) is 0 Å². The molecule has 0 saturated heterocycles. The summed E-state index contributed by atoms with van der Waals surface area (Å²) in [5.74, 6) is 0.440. The molecule has 0 unspecified atom stereocenters. The predicted molar refractivity (Wildman–Crippen MR) is 107 cm³/mol. The van der Waals surface area contributed by atoms with Crippen molar-refractivity contribution < 1.29 is 5.11 Å². The van der Waals surface area contributed by atoms with Gasteiger partial charge in [0.1, 0.15) is 4.83 Å². The van der Waals surface area contributed by atoms with Crippen LogP contribution in [0.25, 0.3) is 15.9 Å². The van der Waals surface area contributed by atoms with Gasteiger partial charge in [0.05, 0.1) is 17.7 Å². The topological polar surface area (TPSA) is 67.2 Å². The number of hydrogen-bond acceptors (Lipinski definition) is 5. The molecule has 0 bridgehead atoms. The van der Waals surface area contributed by atoms with Crippen molar-refractivity contribution in [1.82, 2.24) is 9.55 Å². The zero-order valence-electron chi connectivity index (χ0n) is 14.3. The third-order valence-electron chi connectivity index (χ3n) is 4.70. The Morgan fingerprint density at radius 1 is 1.27 bits per heavy atom. The number of benzene rings is 1. The number of halogens is 1. The van der Waals surface area contributed by atoms with Crippen LogP contribution < -0.4 is 10.9 Å². The molecule has 7 heteroatoms. The molecule has 26 heavy (non-hydrogen) atoms. The molecule has 2 N–H and O–H groups in total. The minimum atomic E-state index is -0.0721. The van der Waals surface area contributed by atoms with E-state index in [2.05, 4.69) is 5.32 Å². The molecule has 0 spiro atoms. The van der Waals surface area contributed by atoms with E-state index < -0.39 is 0 Å². The van der Waals surface area contributed by atoms with Crippen LogP contribution in [0.3, 0.4) is 0 Å². The second-order valence-corrected chi connectivity index (χ2v) is 7.97. The summed E-state index contributed by atoms with van der Waals surface area (Å²) in [6.07, 6.45) is 5.43. The van der Waals surface area contributed by atoms with Gasteiger partial charge in [-0.1, -0.05) is 24.1 Å². The lowest BCUT2D eigenvalue weighted by atomic mass is 10.1. The van der Waals surface area contributed by atoms with Gasteiger partial charge < -0.3 is 10.4 Å². The third-order valence-corrected chi connectivity index (χ3v) is 6.12. The summed E-state index contributed by atoms with van der Waals surface area (Å²) in [5.41, 5.74) is 1.77. The standard InChI is InChI=1S/C19H20ClN3O2S/c20-12-5-4-6-13(11-12)23-18(25)16-14-7-2-1-3-8-15(14)26-17(16)22-19(23)21-9-10-24/h4-6,11,24H,1-3,7-10H2,(H,21,22). The van der Waals surface area contributed by atoms with Crippen LogP contribution >= 0.6 is 22.9 Å². The average molecular weight is 390 g/mol. The van der Waals surface area contributed by atoms with Gasteiger partial charge in [-0.25, -0.2) is 9.55 Å².